The van der Waals surface area contributed by atoms with Gasteiger partial charge in [-0.3, -0.25) is 11.3 Å². The van der Waals surface area contributed by atoms with E-state index >= 15 is 0 Å². The van der Waals surface area contributed by atoms with Crippen LogP contribution in [0.5, 0.6) is 0 Å². The lowest BCUT2D eigenvalue weighted by Gasteiger charge is -2.12. The van der Waals surface area contributed by atoms with Crippen molar-refractivity contribution >= 4 is 11.5 Å². The number of rotatable bonds is 8. The smallest absolute Gasteiger partial charge is 0.0669 e. The van der Waals surface area contributed by atoms with Gasteiger partial charge in [-0.1, -0.05) is 23.4 Å². The van der Waals surface area contributed by atoms with Gasteiger partial charge in [-0.25, -0.2) is 0 Å². The molecule has 84 valence electrons. The molecule has 0 aliphatic heterocycles. The number of hydrazine groups is 1. The highest BCUT2D eigenvalue weighted by Gasteiger charge is 2.11. The maximum Gasteiger partial charge on any atom is 0.0669 e. The van der Waals surface area contributed by atoms with Crippen molar-refractivity contribution < 1.29 is 0 Å². The molecule has 0 saturated heterocycles. The molecule has 0 aliphatic carbocycles. The van der Waals surface area contributed by atoms with Crippen LogP contribution in [-0.2, 0) is 0 Å². The van der Waals surface area contributed by atoms with Gasteiger partial charge in [-0.05, 0) is 30.8 Å². The van der Waals surface area contributed by atoms with Crippen LogP contribution in [0.4, 0.5) is 0 Å². The average molecular weight is 226 g/mol. The Kier molecular flexibility index (Phi) is 6.15. The second-order valence-electron chi connectivity index (χ2n) is 3.47. The number of nitrogens with one attached hydrogen (secondary N) is 1. The molecule has 0 aromatic carbocycles. The minimum atomic E-state index is 0.203. The van der Waals surface area contributed by atoms with Gasteiger partial charge in [0.25, 0.3) is 0 Å². The van der Waals surface area contributed by atoms with Gasteiger partial charge in [-0.2, -0.15) is 0 Å². The Hall–Kier alpha value is -0.780. The molecule has 15 heavy (non-hydrogen) atoms. The summed E-state index contributed by atoms with van der Waals surface area (Å²) in [4.78, 5) is 1.11. The zero-order valence-corrected chi connectivity index (χ0v) is 9.67. The summed E-state index contributed by atoms with van der Waals surface area (Å²) in [5.74, 6) is 5.49. The highest BCUT2D eigenvalue weighted by molar-refractivity contribution is 7.05. The lowest BCUT2D eigenvalue weighted by Crippen LogP contribution is -2.27. The van der Waals surface area contributed by atoms with Gasteiger partial charge in [0, 0.05) is 0 Å². The molecule has 0 radical (unpaired) electrons. The molecule has 4 nitrogen and oxygen atoms in total. The van der Waals surface area contributed by atoms with Crippen molar-refractivity contribution in [3.63, 3.8) is 0 Å². The summed E-state index contributed by atoms with van der Waals surface area (Å²) < 4.78 is 3.83. The summed E-state index contributed by atoms with van der Waals surface area (Å²) in [5, 5.41) is 3.81. The number of nitrogens with two attached hydrogens (primary N) is 1. The molecule has 1 heterocycles. The van der Waals surface area contributed by atoms with Crippen molar-refractivity contribution in [2.75, 3.05) is 0 Å². The van der Waals surface area contributed by atoms with E-state index in [-0.39, 0.29) is 6.04 Å². The first kappa shape index (κ1) is 12.3. The van der Waals surface area contributed by atoms with Gasteiger partial charge in [0.1, 0.15) is 0 Å². The van der Waals surface area contributed by atoms with Crippen LogP contribution in [-0.4, -0.2) is 9.59 Å². The standard InChI is InChI=1S/C10H18N4S/c1-2-3-4-5-6-7-9(13-11)10-8-12-14-15-10/h2,8-9,13H,1,3-7,11H2. The zero-order valence-electron chi connectivity index (χ0n) is 8.85. The van der Waals surface area contributed by atoms with Gasteiger partial charge < -0.3 is 0 Å². The Morgan fingerprint density at radius 3 is 3.00 bits per heavy atom. The third kappa shape index (κ3) is 4.51. The van der Waals surface area contributed by atoms with Crippen LogP contribution in [0.2, 0.25) is 0 Å². The molecule has 1 unspecified atom stereocenters. The number of hydrogen-bond donors (Lipinski definition) is 2. The van der Waals surface area contributed by atoms with Gasteiger partial charge >= 0.3 is 0 Å². The quantitative estimate of drug-likeness (QED) is 0.309. The fourth-order valence-corrected chi connectivity index (χ4v) is 2.05. The van der Waals surface area contributed by atoms with Crippen LogP contribution >= 0.6 is 11.5 Å². The predicted molar refractivity (Wildman–Crippen MR) is 63.3 cm³/mol. The van der Waals surface area contributed by atoms with Crippen LogP contribution in [0.3, 0.4) is 0 Å². The van der Waals surface area contributed by atoms with Crippen molar-refractivity contribution in [2.24, 2.45) is 5.84 Å². The first-order valence-corrected chi connectivity index (χ1v) is 6.00. The zero-order chi connectivity index (χ0) is 10.9. The molecule has 0 amide bonds. The van der Waals surface area contributed by atoms with E-state index in [4.69, 9.17) is 5.84 Å². The number of aromatic nitrogens is 2. The van der Waals surface area contributed by atoms with Crippen molar-refractivity contribution in [1.82, 2.24) is 15.0 Å². The van der Waals surface area contributed by atoms with Crippen molar-refractivity contribution in [3.8, 4) is 0 Å². The Labute approximate surface area is 94.7 Å². The highest BCUT2D eigenvalue weighted by Crippen LogP contribution is 2.20. The van der Waals surface area contributed by atoms with E-state index < -0.39 is 0 Å². The molecule has 0 fully saturated rings. The van der Waals surface area contributed by atoms with E-state index in [1.807, 2.05) is 6.08 Å². The van der Waals surface area contributed by atoms with E-state index in [0.29, 0.717) is 0 Å². The fraction of sp³-hybridized carbons (Fsp3) is 0.600. The Bertz CT molecular complexity index is 260. The normalized spacial score (nSPS) is 12.6. The topological polar surface area (TPSA) is 63.8 Å². The molecule has 1 rings (SSSR count). The average Bonchev–Trinajstić information content (AvgIpc) is 2.77. The Morgan fingerprint density at radius 2 is 2.40 bits per heavy atom. The largest absolute Gasteiger partial charge is 0.271 e. The molecular weight excluding hydrogens is 208 g/mol. The van der Waals surface area contributed by atoms with Crippen molar-refractivity contribution in [3.05, 3.63) is 23.7 Å². The number of nitrogens with zero attached hydrogens (tertiary/aromatic N) is 2. The molecule has 1 aromatic rings. The maximum absolute atomic E-state index is 5.49. The lowest BCUT2D eigenvalue weighted by atomic mass is 10.1. The molecule has 3 N–H and O–H groups in total. The first-order chi connectivity index (χ1) is 7.38. The maximum atomic E-state index is 5.49. The van der Waals surface area contributed by atoms with Crippen molar-refractivity contribution in [1.29, 1.82) is 0 Å². The molecule has 1 atom stereocenters. The second kappa shape index (κ2) is 7.50. The van der Waals surface area contributed by atoms with E-state index in [2.05, 4.69) is 21.6 Å². The van der Waals surface area contributed by atoms with Crippen LogP contribution in [0, 0.1) is 0 Å². The minimum Gasteiger partial charge on any atom is -0.271 e. The molecular formula is C10H18N4S. The summed E-state index contributed by atoms with van der Waals surface area (Å²) in [6, 6.07) is 0.203. The van der Waals surface area contributed by atoms with Gasteiger partial charge in [0.05, 0.1) is 17.1 Å². The summed E-state index contributed by atoms with van der Waals surface area (Å²) in [6.45, 7) is 3.70. The molecule has 0 aliphatic rings. The number of allylic oxidation sites excluding steroid dienone is 1. The third-order valence-electron chi connectivity index (χ3n) is 2.32. The first-order valence-electron chi connectivity index (χ1n) is 5.22. The number of unbranched alkanes of at least 4 members (excludes halogenated alkanes) is 3. The SMILES string of the molecule is C=CCCCCCC(NN)c1cnns1. The third-order valence-corrected chi connectivity index (χ3v) is 3.10. The van der Waals surface area contributed by atoms with E-state index in [1.54, 1.807) is 6.20 Å². The molecule has 1 aromatic heterocycles. The van der Waals surface area contributed by atoms with Gasteiger partial charge in [-0.15, -0.1) is 11.7 Å². The summed E-state index contributed by atoms with van der Waals surface area (Å²) in [7, 11) is 0. The number of hydrogen-bond acceptors (Lipinski definition) is 5. The van der Waals surface area contributed by atoms with Crippen molar-refractivity contribution in [2.45, 2.75) is 38.1 Å². The molecule has 0 spiro atoms. The fourth-order valence-electron chi connectivity index (χ4n) is 1.45. The van der Waals surface area contributed by atoms with E-state index in [0.717, 1.165) is 17.7 Å². The summed E-state index contributed by atoms with van der Waals surface area (Å²) in [5.41, 5.74) is 2.81. The van der Waals surface area contributed by atoms with Gasteiger partial charge in [0.15, 0.2) is 0 Å². The van der Waals surface area contributed by atoms with Crippen LogP contribution in [0.15, 0.2) is 18.9 Å². The van der Waals surface area contributed by atoms with Gasteiger partial charge in [0.2, 0.25) is 0 Å². The highest BCUT2D eigenvalue weighted by atomic mass is 32.1. The van der Waals surface area contributed by atoms with E-state index in [9.17, 15) is 0 Å². The predicted octanol–water partition coefficient (Wildman–Crippen LogP) is 2.18. The molecule has 5 heteroatoms. The molecule has 0 bridgehead atoms. The van der Waals surface area contributed by atoms with E-state index in [1.165, 1.54) is 30.8 Å². The minimum absolute atomic E-state index is 0.203. The summed E-state index contributed by atoms with van der Waals surface area (Å²) >= 11 is 1.40. The Balaban J connectivity index is 2.20. The lowest BCUT2D eigenvalue weighted by molar-refractivity contribution is 0.489. The molecule has 0 saturated carbocycles. The monoisotopic (exact) mass is 226 g/mol. The summed E-state index contributed by atoms with van der Waals surface area (Å²) in [6.07, 6.45) is 9.48. The second-order valence-corrected chi connectivity index (χ2v) is 4.28. The van der Waals surface area contributed by atoms with Crippen LogP contribution in [0.25, 0.3) is 0 Å². The van der Waals surface area contributed by atoms with Crippen LogP contribution < -0.4 is 11.3 Å². The van der Waals surface area contributed by atoms with Crippen LogP contribution in [0.1, 0.15) is 43.0 Å². The Morgan fingerprint density at radius 1 is 1.53 bits per heavy atom.